The van der Waals surface area contributed by atoms with Crippen LogP contribution < -0.4 is 20.4 Å². The number of carbonyl (C=O) groups excluding carboxylic acids is 2. The fourth-order valence-electron chi connectivity index (χ4n) is 5.25. The Morgan fingerprint density at radius 3 is 2.35 bits per heavy atom. The second kappa shape index (κ2) is 9.84. The average Bonchev–Trinajstić information content (AvgIpc) is 3.30. The van der Waals surface area contributed by atoms with E-state index in [-0.39, 0.29) is 5.91 Å². The molecule has 3 heterocycles. The molecule has 7 nitrogen and oxygen atoms in total. The van der Waals surface area contributed by atoms with Crippen molar-refractivity contribution in [1.29, 1.82) is 0 Å². The summed E-state index contributed by atoms with van der Waals surface area (Å²) in [5, 5.41) is 6.19. The zero-order valence-corrected chi connectivity index (χ0v) is 20.0. The lowest BCUT2D eigenvalue weighted by atomic mass is 9.78. The minimum atomic E-state index is -0.548. The summed E-state index contributed by atoms with van der Waals surface area (Å²) in [5.41, 5.74) is 3.08. The predicted octanol–water partition coefficient (Wildman–Crippen LogP) is 4.66. The fourth-order valence-corrected chi connectivity index (χ4v) is 5.38. The van der Waals surface area contributed by atoms with Gasteiger partial charge in [-0.2, -0.15) is 0 Å². The molecule has 3 fully saturated rings. The summed E-state index contributed by atoms with van der Waals surface area (Å²) in [6.45, 7) is 4.54. The highest BCUT2D eigenvalue weighted by atomic mass is 35.5. The summed E-state index contributed by atoms with van der Waals surface area (Å²) >= 11 is 5.89. The Hall–Kier alpha value is -2.77. The summed E-state index contributed by atoms with van der Waals surface area (Å²) in [7, 11) is 0. The number of hydrogen-bond acceptors (Lipinski definition) is 4. The quantitative estimate of drug-likeness (QED) is 0.664. The van der Waals surface area contributed by atoms with Crippen molar-refractivity contribution in [3.63, 3.8) is 0 Å². The third-order valence-electron chi connectivity index (χ3n) is 7.38. The molecule has 3 amide bonds. The monoisotopic (exact) mass is 482 g/mol. The number of hydrogen-bond donors (Lipinski definition) is 2. The number of piperidine rings is 2. The van der Waals surface area contributed by atoms with Crippen LogP contribution in [-0.4, -0.2) is 50.8 Å². The lowest BCUT2D eigenvalue weighted by molar-refractivity contribution is -0.121. The van der Waals surface area contributed by atoms with Crippen LogP contribution in [0.15, 0.2) is 48.5 Å². The largest absolute Gasteiger partial charge is 0.381 e. The van der Waals surface area contributed by atoms with Crippen molar-refractivity contribution in [2.24, 2.45) is 5.41 Å². The molecule has 0 saturated carbocycles. The molecule has 2 aromatic rings. The maximum atomic E-state index is 13.1. The number of anilines is 3. The first-order chi connectivity index (χ1) is 16.5. The molecule has 2 aromatic carbocycles. The number of benzene rings is 2. The van der Waals surface area contributed by atoms with Crippen molar-refractivity contribution in [3.8, 4) is 0 Å². The SMILES string of the molecule is O=C(Nc1ccc(Cl)cc1)N[C@@H]1CCCN(c2ccc(N3CCC4(CCOC4)CC3)cc2)C1=O. The van der Waals surface area contributed by atoms with E-state index in [1.165, 1.54) is 24.9 Å². The van der Waals surface area contributed by atoms with Gasteiger partial charge >= 0.3 is 6.03 Å². The smallest absolute Gasteiger partial charge is 0.319 e. The van der Waals surface area contributed by atoms with Crippen molar-refractivity contribution < 1.29 is 14.3 Å². The van der Waals surface area contributed by atoms with Crippen LogP contribution in [-0.2, 0) is 9.53 Å². The van der Waals surface area contributed by atoms with E-state index in [4.69, 9.17) is 16.3 Å². The van der Waals surface area contributed by atoms with Gasteiger partial charge in [-0.3, -0.25) is 4.79 Å². The molecule has 0 aliphatic carbocycles. The van der Waals surface area contributed by atoms with E-state index in [1.807, 2.05) is 12.1 Å². The van der Waals surface area contributed by atoms with Crippen molar-refractivity contribution in [1.82, 2.24) is 5.32 Å². The summed E-state index contributed by atoms with van der Waals surface area (Å²) in [4.78, 5) is 29.8. The molecule has 3 aliphatic rings. The number of rotatable bonds is 4. The van der Waals surface area contributed by atoms with Crippen LogP contribution in [0.2, 0.25) is 5.02 Å². The third kappa shape index (κ3) is 5.00. The summed E-state index contributed by atoms with van der Waals surface area (Å²) in [5.74, 6) is -0.0774. The average molecular weight is 483 g/mol. The van der Waals surface area contributed by atoms with Gasteiger partial charge in [0.1, 0.15) is 6.04 Å². The third-order valence-corrected chi connectivity index (χ3v) is 7.63. The molecule has 2 N–H and O–H groups in total. The molecule has 0 radical (unpaired) electrons. The van der Waals surface area contributed by atoms with Gasteiger partial charge in [0, 0.05) is 48.3 Å². The van der Waals surface area contributed by atoms with Gasteiger partial charge in [0.25, 0.3) is 0 Å². The standard InChI is InChI=1S/C26H31ClN4O3/c27-19-3-5-20(6-4-19)28-25(33)29-23-2-1-14-31(24(23)32)22-9-7-21(8-10-22)30-15-11-26(12-16-30)13-17-34-18-26/h3-10,23H,1-2,11-18H2,(H2,28,29,33)/t23-/m1/s1. The Kier molecular flexibility index (Phi) is 6.66. The zero-order chi connectivity index (χ0) is 23.5. The summed E-state index contributed by atoms with van der Waals surface area (Å²) in [6, 6.07) is 14.2. The molecular formula is C26H31ClN4O3. The predicted molar refractivity (Wildman–Crippen MR) is 135 cm³/mol. The molecule has 1 atom stereocenters. The van der Waals surface area contributed by atoms with E-state index in [9.17, 15) is 9.59 Å². The van der Waals surface area contributed by atoms with Crippen molar-refractivity contribution in [2.45, 2.75) is 38.1 Å². The van der Waals surface area contributed by atoms with Gasteiger partial charge in [0.05, 0.1) is 6.61 Å². The number of urea groups is 1. The van der Waals surface area contributed by atoms with E-state index in [2.05, 4.69) is 27.7 Å². The Morgan fingerprint density at radius 1 is 0.971 bits per heavy atom. The van der Waals surface area contributed by atoms with E-state index in [1.54, 1.807) is 29.2 Å². The molecule has 5 rings (SSSR count). The first-order valence-corrected chi connectivity index (χ1v) is 12.5. The molecule has 3 aliphatic heterocycles. The van der Waals surface area contributed by atoms with E-state index in [0.29, 0.717) is 29.1 Å². The highest BCUT2D eigenvalue weighted by Gasteiger charge is 2.38. The molecule has 0 bridgehead atoms. The number of nitrogens with zero attached hydrogens (tertiary/aromatic N) is 2. The van der Waals surface area contributed by atoms with Crippen LogP contribution >= 0.6 is 11.6 Å². The van der Waals surface area contributed by atoms with Crippen LogP contribution in [0.3, 0.4) is 0 Å². The number of carbonyl (C=O) groups is 2. The lowest BCUT2D eigenvalue weighted by Gasteiger charge is -2.39. The molecule has 3 saturated heterocycles. The number of amides is 3. The van der Waals surface area contributed by atoms with Gasteiger partial charge in [-0.25, -0.2) is 4.79 Å². The summed E-state index contributed by atoms with van der Waals surface area (Å²) < 4.78 is 5.65. The van der Waals surface area contributed by atoms with Gasteiger partial charge in [-0.15, -0.1) is 0 Å². The maximum absolute atomic E-state index is 13.1. The lowest BCUT2D eigenvalue weighted by Crippen LogP contribution is -2.53. The Bertz CT molecular complexity index is 1010. The van der Waals surface area contributed by atoms with Crippen molar-refractivity contribution >= 4 is 40.6 Å². The van der Waals surface area contributed by atoms with Crippen LogP contribution in [0, 0.1) is 5.41 Å². The van der Waals surface area contributed by atoms with Crippen molar-refractivity contribution in [3.05, 3.63) is 53.6 Å². The van der Waals surface area contributed by atoms with Crippen LogP contribution in [0.25, 0.3) is 0 Å². The van der Waals surface area contributed by atoms with E-state index in [0.717, 1.165) is 38.4 Å². The van der Waals surface area contributed by atoms with Gasteiger partial charge in [0.15, 0.2) is 0 Å². The molecule has 8 heteroatoms. The highest BCUT2D eigenvalue weighted by Crippen LogP contribution is 2.40. The minimum absolute atomic E-state index is 0.0774. The van der Waals surface area contributed by atoms with Gasteiger partial charge in [-0.05, 0) is 86.1 Å². The molecule has 180 valence electrons. The number of halogens is 1. The van der Waals surface area contributed by atoms with Crippen LogP contribution in [0.4, 0.5) is 21.9 Å². The Morgan fingerprint density at radius 2 is 1.68 bits per heavy atom. The highest BCUT2D eigenvalue weighted by molar-refractivity contribution is 6.30. The van der Waals surface area contributed by atoms with Gasteiger partial charge < -0.3 is 25.2 Å². The van der Waals surface area contributed by atoms with Crippen molar-refractivity contribution in [2.75, 3.05) is 48.0 Å². The first-order valence-electron chi connectivity index (χ1n) is 12.1. The van der Waals surface area contributed by atoms with E-state index < -0.39 is 12.1 Å². The molecule has 0 aromatic heterocycles. The van der Waals surface area contributed by atoms with Gasteiger partial charge in [0.2, 0.25) is 5.91 Å². The zero-order valence-electron chi connectivity index (χ0n) is 19.3. The first kappa shape index (κ1) is 23.0. The summed E-state index contributed by atoms with van der Waals surface area (Å²) in [6.07, 6.45) is 4.98. The Labute approximate surface area is 205 Å². The maximum Gasteiger partial charge on any atom is 0.319 e. The van der Waals surface area contributed by atoms with Crippen LogP contribution in [0.5, 0.6) is 0 Å². The molecule has 0 unspecified atom stereocenters. The Balaban J connectivity index is 1.18. The number of ether oxygens (including phenoxy) is 1. The number of nitrogens with one attached hydrogen (secondary N) is 2. The molecule has 34 heavy (non-hydrogen) atoms. The van der Waals surface area contributed by atoms with Gasteiger partial charge in [-0.1, -0.05) is 11.6 Å². The normalized spacial score (nSPS) is 22.1. The second-order valence-electron chi connectivity index (χ2n) is 9.60. The van der Waals surface area contributed by atoms with E-state index >= 15 is 0 Å². The molecular weight excluding hydrogens is 452 g/mol. The molecule has 1 spiro atoms. The fraction of sp³-hybridized carbons (Fsp3) is 0.462. The minimum Gasteiger partial charge on any atom is -0.381 e. The van der Waals surface area contributed by atoms with Crippen LogP contribution in [0.1, 0.15) is 32.1 Å². The second-order valence-corrected chi connectivity index (χ2v) is 10.0. The topological polar surface area (TPSA) is 73.9 Å².